The van der Waals surface area contributed by atoms with E-state index in [9.17, 15) is 14.4 Å². The van der Waals surface area contributed by atoms with E-state index in [2.05, 4.69) is 16.0 Å². The number of rotatable bonds is 7. The minimum atomic E-state index is -0.794. The number of hydrogen-bond acceptors (Lipinski definition) is 3. The Kier molecular flexibility index (Phi) is 7.32. The van der Waals surface area contributed by atoms with Crippen LogP contribution in [0.2, 0.25) is 0 Å². The third kappa shape index (κ3) is 7.23. The van der Waals surface area contributed by atoms with Crippen LogP contribution < -0.4 is 16.0 Å². The van der Waals surface area contributed by atoms with Crippen LogP contribution in [0.3, 0.4) is 0 Å². The molecule has 2 aromatic rings. The Balaban J connectivity index is 2.05. The van der Waals surface area contributed by atoms with Crippen LogP contribution in [0, 0.1) is 0 Å². The third-order valence-corrected chi connectivity index (χ3v) is 3.88. The molecule has 0 unspecified atom stereocenters. The van der Waals surface area contributed by atoms with Crippen LogP contribution in [0.15, 0.2) is 60.7 Å². The quantitative estimate of drug-likeness (QED) is 0.686. The standard InChI is InChI=1S/C22H27N3O3/c1-22(2,3)25-19(26)15-23-21(28)18(14-16-10-6-4-7-11-16)24-20(27)17-12-8-5-9-13-17/h4-13,18H,14-15H2,1-3H3,(H,23,28)(H,24,27)(H,25,26)/t18-/m0/s1. The van der Waals surface area contributed by atoms with Crippen molar-refractivity contribution in [1.29, 1.82) is 0 Å². The molecule has 0 saturated carbocycles. The topological polar surface area (TPSA) is 87.3 Å². The third-order valence-electron chi connectivity index (χ3n) is 3.88. The zero-order chi connectivity index (χ0) is 20.6. The summed E-state index contributed by atoms with van der Waals surface area (Å²) in [5, 5.41) is 8.18. The van der Waals surface area contributed by atoms with Crippen LogP contribution in [0.25, 0.3) is 0 Å². The normalized spacial score (nSPS) is 12.0. The smallest absolute Gasteiger partial charge is 0.251 e. The van der Waals surface area contributed by atoms with Gasteiger partial charge in [-0.05, 0) is 38.5 Å². The molecule has 0 bridgehead atoms. The van der Waals surface area contributed by atoms with Crippen molar-refractivity contribution >= 4 is 17.7 Å². The highest BCUT2D eigenvalue weighted by Gasteiger charge is 2.23. The predicted molar refractivity (Wildman–Crippen MR) is 109 cm³/mol. The molecule has 0 spiro atoms. The van der Waals surface area contributed by atoms with Crippen molar-refractivity contribution in [2.45, 2.75) is 38.8 Å². The summed E-state index contributed by atoms with van der Waals surface area (Å²) < 4.78 is 0. The van der Waals surface area contributed by atoms with Gasteiger partial charge in [-0.15, -0.1) is 0 Å². The maximum atomic E-state index is 12.7. The lowest BCUT2D eigenvalue weighted by Gasteiger charge is -2.22. The number of carbonyl (C=O) groups excluding carboxylic acids is 3. The molecule has 0 aliphatic carbocycles. The first kappa shape index (κ1) is 21.2. The number of amides is 3. The SMILES string of the molecule is CC(C)(C)NC(=O)CNC(=O)[C@H](Cc1ccccc1)NC(=O)c1ccccc1. The fraction of sp³-hybridized carbons (Fsp3) is 0.318. The van der Waals surface area contributed by atoms with E-state index < -0.39 is 11.9 Å². The lowest BCUT2D eigenvalue weighted by atomic mass is 10.0. The van der Waals surface area contributed by atoms with Gasteiger partial charge in [-0.1, -0.05) is 48.5 Å². The van der Waals surface area contributed by atoms with Crippen molar-refractivity contribution < 1.29 is 14.4 Å². The van der Waals surface area contributed by atoms with E-state index in [1.807, 2.05) is 57.2 Å². The van der Waals surface area contributed by atoms with Gasteiger partial charge in [0.1, 0.15) is 6.04 Å². The van der Waals surface area contributed by atoms with E-state index in [1.54, 1.807) is 24.3 Å². The van der Waals surface area contributed by atoms with Crippen LogP contribution in [0.4, 0.5) is 0 Å². The fourth-order valence-electron chi connectivity index (χ4n) is 2.64. The predicted octanol–water partition coefficient (Wildman–Crippen LogP) is 2.06. The molecule has 28 heavy (non-hydrogen) atoms. The molecular weight excluding hydrogens is 354 g/mol. The Morgan fingerprint density at radius 1 is 0.893 bits per heavy atom. The van der Waals surface area contributed by atoms with Crippen molar-refractivity contribution in [2.75, 3.05) is 6.54 Å². The summed E-state index contributed by atoms with van der Waals surface area (Å²) >= 11 is 0. The molecule has 0 aromatic heterocycles. The molecule has 148 valence electrons. The van der Waals surface area contributed by atoms with Crippen molar-refractivity contribution in [3.63, 3.8) is 0 Å². The van der Waals surface area contributed by atoms with E-state index in [-0.39, 0.29) is 23.9 Å². The van der Waals surface area contributed by atoms with Gasteiger partial charge >= 0.3 is 0 Å². The first-order valence-electron chi connectivity index (χ1n) is 9.23. The molecule has 0 aliphatic heterocycles. The minimum absolute atomic E-state index is 0.150. The first-order valence-corrected chi connectivity index (χ1v) is 9.23. The van der Waals surface area contributed by atoms with Gasteiger partial charge < -0.3 is 16.0 Å². The zero-order valence-electron chi connectivity index (χ0n) is 16.5. The van der Waals surface area contributed by atoms with Crippen LogP contribution in [-0.2, 0) is 16.0 Å². The van der Waals surface area contributed by atoms with E-state index in [0.29, 0.717) is 12.0 Å². The Hall–Kier alpha value is -3.15. The van der Waals surface area contributed by atoms with Crippen molar-refractivity contribution in [1.82, 2.24) is 16.0 Å². The molecule has 1 atom stereocenters. The summed E-state index contributed by atoms with van der Waals surface area (Å²) in [6.45, 7) is 5.45. The Morgan fingerprint density at radius 3 is 2.04 bits per heavy atom. The lowest BCUT2D eigenvalue weighted by Crippen LogP contribution is -2.51. The molecule has 0 fully saturated rings. The summed E-state index contributed by atoms with van der Waals surface area (Å²) in [5.41, 5.74) is 1.00. The van der Waals surface area contributed by atoms with E-state index in [0.717, 1.165) is 5.56 Å². The van der Waals surface area contributed by atoms with Crippen molar-refractivity contribution in [3.8, 4) is 0 Å². The van der Waals surface area contributed by atoms with Crippen LogP contribution in [-0.4, -0.2) is 35.8 Å². The van der Waals surface area contributed by atoms with Gasteiger partial charge in [0.25, 0.3) is 5.91 Å². The van der Waals surface area contributed by atoms with E-state index in [4.69, 9.17) is 0 Å². The van der Waals surface area contributed by atoms with Crippen LogP contribution in [0.1, 0.15) is 36.7 Å². The van der Waals surface area contributed by atoms with Gasteiger partial charge in [-0.3, -0.25) is 14.4 Å². The van der Waals surface area contributed by atoms with Gasteiger partial charge in [-0.2, -0.15) is 0 Å². The number of nitrogens with one attached hydrogen (secondary N) is 3. The summed E-state index contributed by atoms with van der Waals surface area (Å²) in [4.78, 5) is 37.2. The Morgan fingerprint density at radius 2 is 1.46 bits per heavy atom. The summed E-state index contributed by atoms with van der Waals surface area (Å²) in [5.74, 6) is -1.03. The van der Waals surface area contributed by atoms with Crippen LogP contribution in [0.5, 0.6) is 0 Å². The van der Waals surface area contributed by atoms with Gasteiger partial charge in [0.05, 0.1) is 6.54 Å². The number of carbonyl (C=O) groups is 3. The van der Waals surface area contributed by atoms with Gasteiger partial charge in [0, 0.05) is 17.5 Å². The molecular formula is C22H27N3O3. The van der Waals surface area contributed by atoms with Crippen molar-refractivity contribution in [3.05, 3.63) is 71.8 Å². The molecule has 3 N–H and O–H groups in total. The van der Waals surface area contributed by atoms with Crippen LogP contribution >= 0.6 is 0 Å². The zero-order valence-corrected chi connectivity index (χ0v) is 16.5. The number of hydrogen-bond donors (Lipinski definition) is 3. The average Bonchev–Trinajstić information content (AvgIpc) is 2.65. The van der Waals surface area contributed by atoms with Crippen molar-refractivity contribution in [2.24, 2.45) is 0 Å². The highest BCUT2D eigenvalue weighted by molar-refractivity contribution is 5.98. The molecule has 0 heterocycles. The maximum absolute atomic E-state index is 12.7. The highest BCUT2D eigenvalue weighted by atomic mass is 16.2. The lowest BCUT2D eigenvalue weighted by molar-refractivity contribution is -0.127. The monoisotopic (exact) mass is 381 g/mol. The molecule has 0 radical (unpaired) electrons. The number of benzene rings is 2. The molecule has 2 rings (SSSR count). The summed E-state index contributed by atoms with van der Waals surface area (Å²) in [6, 6.07) is 17.3. The summed E-state index contributed by atoms with van der Waals surface area (Å²) in [6.07, 6.45) is 0.326. The maximum Gasteiger partial charge on any atom is 0.251 e. The molecule has 0 aliphatic rings. The van der Waals surface area contributed by atoms with E-state index >= 15 is 0 Å². The molecule has 6 heteroatoms. The Bertz CT molecular complexity index is 799. The Labute approximate surface area is 165 Å². The largest absolute Gasteiger partial charge is 0.350 e. The summed E-state index contributed by atoms with van der Waals surface area (Å²) in [7, 11) is 0. The van der Waals surface area contributed by atoms with Gasteiger partial charge in [-0.25, -0.2) is 0 Å². The average molecular weight is 381 g/mol. The molecule has 6 nitrogen and oxygen atoms in total. The molecule has 0 saturated heterocycles. The molecule has 2 aromatic carbocycles. The van der Waals surface area contributed by atoms with Gasteiger partial charge in [0.2, 0.25) is 11.8 Å². The first-order chi connectivity index (χ1) is 13.2. The molecule has 3 amide bonds. The van der Waals surface area contributed by atoms with E-state index in [1.165, 1.54) is 0 Å². The minimum Gasteiger partial charge on any atom is -0.350 e. The van der Waals surface area contributed by atoms with Gasteiger partial charge in [0.15, 0.2) is 0 Å². The second-order valence-electron chi connectivity index (χ2n) is 7.60. The fourth-order valence-corrected chi connectivity index (χ4v) is 2.64. The second-order valence-corrected chi connectivity index (χ2v) is 7.60. The highest BCUT2D eigenvalue weighted by Crippen LogP contribution is 2.06. The second kappa shape index (κ2) is 9.69.